The first-order valence-corrected chi connectivity index (χ1v) is 8.30. The number of nitrogens with zero attached hydrogens (tertiary/aromatic N) is 2. The normalized spacial score (nSPS) is 21.6. The fraction of sp³-hybridized carbons (Fsp3) is 0.462. The minimum Gasteiger partial charge on any atom is -0.399 e. The van der Waals surface area contributed by atoms with Crippen LogP contribution < -0.4 is 5.73 Å². The van der Waals surface area contributed by atoms with E-state index in [4.69, 9.17) is 5.73 Å². The molecule has 108 valence electrons. The summed E-state index contributed by atoms with van der Waals surface area (Å²) in [6, 6.07) is 5.30. The third-order valence-electron chi connectivity index (χ3n) is 3.84. The quantitative estimate of drug-likeness (QED) is 0.812. The van der Waals surface area contributed by atoms with E-state index in [1.54, 1.807) is 16.7 Å². The zero-order valence-electron chi connectivity index (χ0n) is 11.0. The van der Waals surface area contributed by atoms with Gasteiger partial charge in [-0.05, 0) is 31.0 Å². The summed E-state index contributed by atoms with van der Waals surface area (Å²) in [5.41, 5.74) is 7.82. The van der Waals surface area contributed by atoms with Gasteiger partial charge in [-0.15, -0.1) is 0 Å². The highest BCUT2D eigenvalue weighted by Gasteiger charge is 2.32. The van der Waals surface area contributed by atoms with Crippen molar-refractivity contribution in [2.75, 3.05) is 11.5 Å². The van der Waals surface area contributed by atoms with Gasteiger partial charge in [0.05, 0.1) is 22.0 Å². The fourth-order valence-corrected chi connectivity index (χ4v) is 4.59. The highest BCUT2D eigenvalue weighted by atomic mass is 32.2. The Balaban J connectivity index is 2.06. The van der Waals surface area contributed by atoms with Crippen molar-refractivity contribution in [2.45, 2.75) is 31.2 Å². The molecule has 1 aliphatic rings. The van der Waals surface area contributed by atoms with Gasteiger partial charge in [-0.3, -0.25) is 0 Å². The highest BCUT2D eigenvalue weighted by Crippen LogP contribution is 2.25. The zero-order chi connectivity index (χ0) is 14.3. The van der Waals surface area contributed by atoms with Crippen molar-refractivity contribution >= 4 is 26.6 Å². The summed E-state index contributed by atoms with van der Waals surface area (Å²) < 4.78 is 25.7. The summed E-state index contributed by atoms with van der Waals surface area (Å²) in [4.78, 5) is 4.32. The van der Waals surface area contributed by atoms with Gasteiger partial charge in [0.2, 0.25) is 0 Å². The molecule has 2 aromatic rings. The van der Waals surface area contributed by atoms with Crippen molar-refractivity contribution in [1.82, 2.24) is 9.55 Å². The molecule has 1 aromatic heterocycles. The van der Waals surface area contributed by atoms with Gasteiger partial charge in [0.15, 0.2) is 9.84 Å². The van der Waals surface area contributed by atoms with Crippen LogP contribution in [-0.2, 0) is 23.0 Å². The molecule has 0 radical (unpaired) electrons. The number of anilines is 1. The molecule has 1 atom stereocenters. The van der Waals surface area contributed by atoms with Gasteiger partial charge >= 0.3 is 0 Å². The van der Waals surface area contributed by atoms with E-state index in [2.05, 4.69) is 4.98 Å². The Hall–Kier alpha value is -1.60. The third kappa shape index (κ3) is 2.16. The first-order valence-electron chi connectivity index (χ1n) is 6.58. The van der Waals surface area contributed by atoms with E-state index in [9.17, 15) is 13.5 Å². The van der Waals surface area contributed by atoms with Crippen molar-refractivity contribution < 1.29 is 13.5 Å². The molecule has 0 saturated carbocycles. The molecule has 0 amide bonds. The maximum atomic E-state index is 12.0. The summed E-state index contributed by atoms with van der Waals surface area (Å²) >= 11 is 0. The molecule has 2 heterocycles. The maximum absolute atomic E-state index is 12.0. The average Bonchev–Trinajstić information content (AvgIpc) is 2.90. The number of aliphatic hydroxyl groups excluding tert-OH is 1. The standard InChI is InChI=1S/C13H17N3O3S/c14-9-3-4-12-11(6-9)15-13(8-17)16(12)7-10-2-1-5-20(10,18)19/h3-4,6,10,17H,1-2,5,7-8,14H2. The number of aliphatic hydroxyl groups is 1. The number of benzene rings is 1. The van der Waals surface area contributed by atoms with Crippen molar-refractivity contribution in [2.24, 2.45) is 0 Å². The van der Waals surface area contributed by atoms with Crippen molar-refractivity contribution in [3.05, 3.63) is 24.0 Å². The fourth-order valence-electron chi connectivity index (χ4n) is 2.79. The first kappa shape index (κ1) is 13.4. The van der Waals surface area contributed by atoms with E-state index in [1.165, 1.54) is 0 Å². The van der Waals surface area contributed by atoms with Crippen LogP contribution in [0.2, 0.25) is 0 Å². The summed E-state index contributed by atoms with van der Waals surface area (Å²) in [5.74, 6) is 0.735. The molecule has 1 aromatic carbocycles. The molecular weight excluding hydrogens is 278 g/mol. The Bertz CT molecular complexity index is 752. The van der Waals surface area contributed by atoms with Crippen molar-refractivity contribution in [3.63, 3.8) is 0 Å². The van der Waals surface area contributed by atoms with Crippen LogP contribution in [-0.4, -0.2) is 34.1 Å². The van der Waals surface area contributed by atoms with E-state index < -0.39 is 9.84 Å². The number of nitrogen functional groups attached to an aromatic ring is 1. The molecule has 1 unspecified atom stereocenters. The van der Waals surface area contributed by atoms with Crippen LogP contribution in [0, 0.1) is 0 Å². The molecule has 0 bridgehead atoms. The molecule has 1 fully saturated rings. The van der Waals surface area contributed by atoms with E-state index in [0.717, 1.165) is 5.52 Å². The van der Waals surface area contributed by atoms with E-state index >= 15 is 0 Å². The second-order valence-electron chi connectivity index (χ2n) is 5.18. The van der Waals surface area contributed by atoms with Crippen LogP contribution in [0.4, 0.5) is 5.69 Å². The SMILES string of the molecule is Nc1ccc2c(c1)nc(CO)n2CC1CCCS1(=O)=O. The average molecular weight is 295 g/mol. The van der Waals surface area contributed by atoms with Crippen LogP contribution in [0.25, 0.3) is 11.0 Å². The number of nitrogens with two attached hydrogens (primary N) is 1. The van der Waals surface area contributed by atoms with Gasteiger partial charge in [0, 0.05) is 12.2 Å². The molecule has 6 nitrogen and oxygen atoms in total. The predicted octanol–water partition coefficient (Wildman–Crippen LogP) is 0.688. The summed E-state index contributed by atoms with van der Waals surface area (Å²) in [5, 5.41) is 9.04. The topological polar surface area (TPSA) is 98.2 Å². The van der Waals surface area contributed by atoms with E-state index in [-0.39, 0.29) is 17.6 Å². The summed E-state index contributed by atoms with van der Waals surface area (Å²) in [7, 11) is -3.02. The number of fused-ring (bicyclic) bond motifs is 1. The number of rotatable bonds is 3. The smallest absolute Gasteiger partial charge is 0.154 e. The number of imidazole rings is 1. The molecule has 1 aliphatic heterocycles. The highest BCUT2D eigenvalue weighted by molar-refractivity contribution is 7.92. The summed E-state index contributed by atoms with van der Waals surface area (Å²) in [6.45, 7) is 0.125. The van der Waals surface area contributed by atoms with Crippen LogP contribution in [0.1, 0.15) is 18.7 Å². The molecule has 20 heavy (non-hydrogen) atoms. The van der Waals surface area contributed by atoms with Crippen LogP contribution in [0.5, 0.6) is 0 Å². The van der Waals surface area contributed by atoms with Gasteiger partial charge < -0.3 is 15.4 Å². The third-order valence-corrected chi connectivity index (χ3v) is 6.10. The number of hydrogen-bond donors (Lipinski definition) is 2. The largest absolute Gasteiger partial charge is 0.399 e. The molecule has 3 rings (SSSR count). The second-order valence-corrected chi connectivity index (χ2v) is 7.58. The minimum atomic E-state index is -3.02. The molecule has 0 spiro atoms. The van der Waals surface area contributed by atoms with Crippen molar-refractivity contribution in [3.8, 4) is 0 Å². The number of aromatic nitrogens is 2. The van der Waals surface area contributed by atoms with Gasteiger partial charge in [0.1, 0.15) is 12.4 Å². The van der Waals surface area contributed by atoms with Gasteiger partial charge in [0.25, 0.3) is 0 Å². The Morgan fingerprint density at radius 1 is 1.45 bits per heavy atom. The Kier molecular flexibility index (Phi) is 3.18. The number of sulfone groups is 1. The van der Waals surface area contributed by atoms with Crippen LogP contribution >= 0.6 is 0 Å². The van der Waals surface area contributed by atoms with Gasteiger partial charge in [-0.1, -0.05) is 0 Å². The second kappa shape index (κ2) is 4.75. The molecule has 0 aliphatic carbocycles. The predicted molar refractivity (Wildman–Crippen MR) is 76.9 cm³/mol. The molecule has 7 heteroatoms. The molecule has 1 saturated heterocycles. The van der Waals surface area contributed by atoms with Crippen molar-refractivity contribution in [1.29, 1.82) is 0 Å². The zero-order valence-corrected chi connectivity index (χ0v) is 11.8. The van der Waals surface area contributed by atoms with E-state index in [0.29, 0.717) is 36.4 Å². The molecular formula is C13H17N3O3S. The van der Waals surface area contributed by atoms with Gasteiger partial charge in [-0.25, -0.2) is 13.4 Å². The number of hydrogen-bond acceptors (Lipinski definition) is 5. The monoisotopic (exact) mass is 295 g/mol. The lowest BCUT2D eigenvalue weighted by Crippen LogP contribution is -2.23. The lowest BCUT2D eigenvalue weighted by molar-refractivity contribution is 0.265. The maximum Gasteiger partial charge on any atom is 0.154 e. The Labute approximate surface area is 117 Å². The first-order chi connectivity index (χ1) is 9.51. The minimum absolute atomic E-state index is 0.221. The summed E-state index contributed by atoms with van der Waals surface area (Å²) in [6.07, 6.45) is 1.38. The van der Waals surface area contributed by atoms with Gasteiger partial charge in [-0.2, -0.15) is 0 Å². The Morgan fingerprint density at radius 2 is 2.25 bits per heavy atom. The molecule has 3 N–H and O–H groups in total. The lowest BCUT2D eigenvalue weighted by Gasteiger charge is -2.13. The lowest BCUT2D eigenvalue weighted by atomic mass is 10.2. The van der Waals surface area contributed by atoms with E-state index in [1.807, 2.05) is 6.07 Å². The van der Waals surface area contributed by atoms with Crippen LogP contribution in [0.15, 0.2) is 18.2 Å². The van der Waals surface area contributed by atoms with Crippen LogP contribution in [0.3, 0.4) is 0 Å². The Morgan fingerprint density at radius 3 is 2.90 bits per heavy atom.